The van der Waals surface area contributed by atoms with E-state index < -0.39 is 17.5 Å². The summed E-state index contributed by atoms with van der Waals surface area (Å²) in [5.74, 6) is 2.94. The number of alkyl halides is 1. The van der Waals surface area contributed by atoms with Gasteiger partial charge < -0.3 is 24.7 Å². The molecule has 2 N–H and O–H groups in total. The number of methoxy groups -OCH3 is 1. The highest BCUT2D eigenvalue weighted by atomic mass is 35.5. The van der Waals surface area contributed by atoms with Crippen molar-refractivity contribution < 1.29 is 18.7 Å². The number of nitrogens with zero attached hydrogens (tertiary/aromatic N) is 6. The Labute approximate surface area is 454 Å². The van der Waals surface area contributed by atoms with Crippen LogP contribution in [0.3, 0.4) is 0 Å². The summed E-state index contributed by atoms with van der Waals surface area (Å²) >= 11 is 13.3. The van der Waals surface area contributed by atoms with E-state index in [4.69, 9.17) is 37.7 Å². The van der Waals surface area contributed by atoms with Crippen molar-refractivity contribution in [3.05, 3.63) is 136 Å². The van der Waals surface area contributed by atoms with Gasteiger partial charge in [-0.15, -0.1) is 0 Å². The Morgan fingerprint density at radius 1 is 0.840 bits per heavy atom. The third-order valence-corrected chi connectivity index (χ3v) is 19.8. The first kappa shape index (κ1) is 52.8. The van der Waals surface area contributed by atoms with E-state index in [0.29, 0.717) is 59.9 Å². The van der Waals surface area contributed by atoms with Crippen LogP contribution in [0, 0.1) is 16.7 Å². The summed E-state index contributed by atoms with van der Waals surface area (Å²) in [7, 11) is 8.34. The van der Waals surface area contributed by atoms with E-state index >= 15 is 9.18 Å². The minimum absolute atomic E-state index is 0.109. The number of carbonyl (C=O) groups is 1. The van der Waals surface area contributed by atoms with Crippen molar-refractivity contribution >= 4 is 29.0 Å². The van der Waals surface area contributed by atoms with Gasteiger partial charge in [-0.2, -0.15) is 0 Å². The molecule has 400 valence electrons. The number of hydrogen-bond donors (Lipinski definition) is 2. The molecule has 6 aliphatic rings. The van der Waals surface area contributed by atoms with Crippen molar-refractivity contribution in [2.75, 3.05) is 54.1 Å². The molecular formula is C61H77Cl2FN8O3. The fourth-order valence-electron chi connectivity index (χ4n) is 15.9. The number of benzene rings is 4. The van der Waals surface area contributed by atoms with Gasteiger partial charge in [0.25, 0.3) is 0 Å². The minimum Gasteiger partial charge on any atom is -0.457 e. The number of Topliss-reactive ketones (excluding diaryl/α,β-unsaturated/α-hetero) is 1. The third-order valence-electron chi connectivity index (χ3n) is 19.3. The third kappa shape index (κ3) is 9.39. The molecule has 11 rings (SSSR count). The second-order valence-corrected chi connectivity index (χ2v) is 23.9. The Balaban J connectivity index is 1.01. The number of ether oxygens (including phenoxy) is 2. The van der Waals surface area contributed by atoms with Gasteiger partial charge in [-0.1, -0.05) is 78.7 Å². The highest BCUT2D eigenvalue weighted by molar-refractivity contribution is 6.31. The van der Waals surface area contributed by atoms with Crippen LogP contribution < -0.4 is 15.4 Å². The molecular weight excluding hydrogens is 983 g/mol. The number of carbonyl (C=O) groups excluding carboxylic acids is 1. The molecule has 6 heterocycles. The lowest BCUT2D eigenvalue weighted by atomic mass is 9.54. The van der Waals surface area contributed by atoms with Crippen LogP contribution in [0.25, 0.3) is 11.3 Å². The zero-order chi connectivity index (χ0) is 52.2. The molecule has 5 aromatic rings. The number of piperidine rings is 1. The van der Waals surface area contributed by atoms with Gasteiger partial charge in [0, 0.05) is 103 Å². The molecule has 1 aromatic heterocycles. The molecule has 4 aromatic carbocycles. The number of ketones is 1. The molecule has 0 radical (unpaired) electrons. The zero-order valence-electron chi connectivity index (χ0n) is 44.7. The van der Waals surface area contributed by atoms with Crippen LogP contribution in [-0.4, -0.2) is 143 Å². The molecule has 11 nitrogen and oxygen atoms in total. The smallest absolute Gasteiger partial charge is 0.153 e. The average molecular weight is 1060 g/mol. The van der Waals surface area contributed by atoms with Crippen LogP contribution in [0.2, 0.25) is 10.0 Å². The van der Waals surface area contributed by atoms with Gasteiger partial charge >= 0.3 is 0 Å². The summed E-state index contributed by atoms with van der Waals surface area (Å²) in [6, 6.07) is 32.1. The second kappa shape index (κ2) is 21.9. The molecule has 75 heavy (non-hydrogen) atoms. The molecule has 5 aliphatic heterocycles. The predicted octanol–water partition coefficient (Wildman–Crippen LogP) is 9.87. The molecule has 7 unspecified atom stereocenters. The summed E-state index contributed by atoms with van der Waals surface area (Å²) < 4.78 is 30.4. The Bertz CT molecular complexity index is 2780. The number of imidazole rings is 1. The first-order valence-electron chi connectivity index (χ1n) is 27.8. The fraction of sp³-hybridized carbons (Fsp3) is 0.541. The number of halogens is 3. The number of rotatable bonds is 16. The average Bonchev–Trinajstić information content (AvgIpc) is 4.22. The van der Waals surface area contributed by atoms with Gasteiger partial charge in [0.1, 0.15) is 17.3 Å². The number of likely N-dealkylation sites (N-methyl/N-ethyl adjacent to an activating group) is 2. The van der Waals surface area contributed by atoms with Crippen LogP contribution in [0.1, 0.15) is 74.9 Å². The molecule has 0 amide bonds. The van der Waals surface area contributed by atoms with Crippen LogP contribution in [0.4, 0.5) is 4.39 Å². The van der Waals surface area contributed by atoms with Crippen molar-refractivity contribution in [3.63, 3.8) is 0 Å². The Hall–Kier alpha value is -4.21. The van der Waals surface area contributed by atoms with E-state index in [9.17, 15) is 0 Å². The standard InChI is InChI=1S/C61H77Cl2FN8O3/c1-7-60-54-31-44(29-40-13-9-8-10-14-40)57(60)68(3)47(25-26-64)34-65-53-33-48(30-41-15-20-45(62)21-16-41)69(4)58-50(38-74-6)67-56(61(53,58)59(60)73)39(2)72(54)36-43-17-22-46(63)32-52(43)75-49-23-18-42(19-24-49)51-35-66-55(70(51)5)37-71-27-11-12-28-71/h8-10,13-24,32,35,39,44,47-48,50,53-54,56-58,65,67H,7,11-12,25-31,33-34,36-38H2,1-6H3/t39-,44+,47-,48-,50+,53?,54?,56?,57?,58?,60?,61?/m0/s1. The lowest BCUT2D eigenvalue weighted by molar-refractivity contribution is -0.154. The maximum absolute atomic E-state index is 17.6. The maximum Gasteiger partial charge on any atom is 0.153 e. The van der Waals surface area contributed by atoms with Crippen molar-refractivity contribution in [2.24, 2.45) is 23.8 Å². The van der Waals surface area contributed by atoms with E-state index in [0.717, 1.165) is 68.0 Å². The quantitative estimate of drug-likeness (QED) is 0.0996. The largest absolute Gasteiger partial charge is 0.457 e. The van der Waals surface area contributed by atoms with Crippen LogP contribution in [-0.2, 0) is 42.5 Å². The highest BCUT2D eigenvalue weighted by Crippen LogP contribution is 2.63. The first-order valence-corrected chi connectivity index (χ1v) is 28.5. The predicted molar refractivity (Wildman–Crippen MR) is 297 cm³/mol. The lowest BCUT2D eigenvalue weighted by Gasteiger charge is -2.57. The van der Waals surface area contributed by atoms with Crippen LogP contribution >= 0.6 is 23.2 Å². The Morgan fingerprint density at radius 2 is 1.56 bits per heavy atom. The van der Waals surface area contributed by atoms with Crippen LogP contribution in [0.15, 0.2) is 103 Å². The van der Waals surface area contributed by atoms with Crippen molar-refractivity contribution in [2.45, 2.75) is 133 Å². The van der Waals surface area contributed by atoms with Gasteiger partial charge in [0.15, 0.2) is 5.78 Å². The van der Waals surface area contributed by atoms with Gasteiger partial charge in [-0.05, 0) is 151 Å². The summed E-state index contributed by atoms with van der Waals surface area (Å²) in [5, 5.41) is 9.68. The molecule has 12 atom stereocenters. The molecule has 1 spiro atoms. The minimum atomic E-state index is -0.869. The molecule has 1 aliphatic carbocycles. The normalized spacial score (nSPS) is 32.3. The topological polar surface area (TPSA) is 90.4 Å². The van der Waals surface area contributed by atoms with E-state index in [2.05, 4.69) is 130 Å². The Kier molecular flexibility index (Phi) is 15.4. The monoisotopic (exact) mass is 1060 g/mol. The first-order chi connectivity index (χ1) is 36.4. The summed E-state index contributed by atoms with van der Waals surface area (Å²) in [5.41, 5.74) is 3.91. The highest BCUT2D eigenvalue weighted by Gasteiger charge is 2.77. The van der Waals surface area contributed by atoms with Crippen LogP contribution in [0.5, 0.6) is 11.5 Å². The van der Waals surface area contributed by atoms with E-state index in [1.807, 2.05) is 42.6 Å². The molecule has 2 bridgehead atoms. The molecule has 14 heteroatoms. The molecule has 5 saturated heterocycles. The SMILES string of the molecule is CCC12C(=O)C34C5C[C@H](Cc6ccc(Cl)cc6)N(C)C3[C@@H](COC)NC4[C@H](C)N(Cc3ccc(Cl)cc3Oc3ccc(-c4cnc(CN6CCCC6)n4C)cc3)C1C[C@@H](Cc1ccccc1)C2N(C)[C@@H](CCF)CN5. The lowest BCUT2D eigenvalue weighted by Crippen LogP contribution is -2.73. The Morgan fingerprint density at radius 3 is 2.28 bits per heavy atom. The van der Waals surface area contributed by atoms with Gasteiger partial charge in [0.2, 0.25) is 0 Å². The summed E-state index contributed by atoms with van der Waals surface area (Å²) in [6.07, 6.45) is 8.71. The summed E-state index contributed by atoms with van der Waals surface area (Å²) in [4.78, 5) is 32.6. The second-order valence-electron chi connectivity index (χ2n) is 23.0. The van der Waals surface area contributed by atoms with Gasteiger partial charge in [-0.3, -0.25) is 28.8 Å². The number of nitrogens with one attached hydrogen (secondary N) is 2. The van der Waals surface area contributed by atoms with Crippen molar-refractivity contribution in [1.82, 2.24) is 39.8 Å². The van der Waals surface area contributed by atoms with E-state index in [-0.39, 0.29) is 60.3 Å². The van der Waals surface area contributed by atoms with E-state index in [1.165, 1.54) is 24.0 Å². The molecule has 6 fully saturated rings. The number of hydrogen-bond acceptors (Lipinski definition) is 10. The van der Waals surface area contributed by atoms with Crippen molar-refractivity contribution in [1.29, 1.82) is 0 Å². The number of likely N-dealkylation sites (tertiary alicyclic amines) is 3. The van der Waals surface area contributed by atoms with E-state index in [1.54, 1.807) is 7.11 Å². The molecule has 1 saturated carbocycles. The van der Waals surface area contributed by atoms with Crippen molar-refractivity contribution in [3.8, 4) is 22.8 Å². The number of aromatic nitrogens is 2. The van der Waals surface area contributed by atoms with Gasteiger partial charge in [0.05, 0.1) is 42.5 Å². The summed E-state index contributed by atoms with van der Waals surface area (Å²) in [6.45, 7) is 8.89. The zero-order valence-corrected chi connectivity index (χ0v) is 46.2. The maximum atomic E-state index is 17.6. The van der Waals surface area contributed by atoms with Gasteiger partial charge in [-0.25, -0.2) is 4.98 Å². The fourth-order valence-corrected chi connectivity index (χ4v) is 16.2.